The highest BCUT2D eigenvalue weighted by molar-refractivity contribution is 6.01. The van der Waals surface area contributed by atoms with Crippen molar-refractivity contribution >= 4 is 11.7 Å². The fourth-order valence-corrected chi connectivity index (χ4v) is 4.59. The van der Waals surface area contributed by atoms with Crippen LogP contribution in [0.1, 0.15) is 52.1 Å². The molecule has 28 heavy (non-hydrogen) atoms. The Morgan fingerprint density at radius 3 is 2.71 bits per heavy atom. The van der Waals surface area contributed by atoms with Gasteiger partial charge in [0.15, 0.2) is 5.78 Å². The van der Waals surface area contributed by atoms with Gasteiger partial charge in [-0.05, 0) is 37.3 Å². The van der Waals surface area contributed by atoms with E-state index >= 15 is 0 Å². The Morgan fingerprint density at radius 1 is 1.21 bits per heavy atom. The Hall–Kier alpha value is -2.40. The Labute approximate surface area is 166 Å². The van der Waals surface area contributed by atoms with Crippen LogP contribution in [0.4, 0.5) is 0 Å². The van der Waals surface area contributed by atoms with Gasteiger partial charge in [0.1, 0.15) is 0 Å². The van der Waals surface area contributed by atoms with Gasteiger partial charge in [-0.15, -0.1) is 0 Å². The predicted octanol–water partition coefficient (Wildman–Crippen LogP) is 3.15. The lowest BCUT2D eigenvalue weighted by molar-refractivity contribution is -0.129. The summed E-state index contributed by atoms with van der Waals surface area (Å²) in [4.78, 5) is 27.6. The molecule has 0 saturated carbocycles. The molecule has 0 unspecified atom stereocenters. The number of nitrogens with zero attached hydrogens (tertiary/aromatic N) is 2. The van der Waals surface area contributed by atoms with E-state index in [1.807, 2.05) is 23.1 Å². The number of methoxy groups -OCH3 is 1. The quantitative estimate of drug-likeness (QED) is 0.801. The summed E-state index contributed by atoms with van der Waals surface area (Å²) >= 11 is 0. The van der Waals surface area contributed by atoms with Gasteiger partial charge < -0.3 is 14.2 Å². The van der Waals surface area contributed by atoms with E-state index in [-0.39, 0.29) is 17.8 Å². The van der Waals surface area contributed by atoms with E-state index < -0.39 is 0 Å². The molecule has 1 atom stereocenters. The molecule has 1 saturated heterocycles. The molecule has 0 spiro atoms. The maximum Gasteiger partial charge on any atom is 0.227 e. The van der Waals surface area contributed by atoms with E-state index in [0.29, 0.717) is 19.4 Å². The first kappa shape index (κ1) is 18.9. The molecule has 0 bridgehead atoms. The summed E-state index contributed by atoms with van der Waals surface area (Å²) in [5, 5.41) is 0. The molecule has 2 aliphatic rings. The summed E-state index contributed by atoms with van der Waals surface area (Å²) in [7, 11) is 1.70. The van der Waals surface area contributed by atoms with Crippen molar-refractivity contribution in [2.45, 2.75) is 51.7 Å². The molecule has 1 fully saturated rings. The Balaban J connectivity index is 1.65. The fraction of sp³-hybridized carbons (Fsp3) is 0.478. The van der Waals surface area contributed by atoms with E-state index in [2.05, 4.69) is 23.6 Å². The zero-order chi connectivity index (χ0) is 19.7. The number of rotatable bonds is 5. The first-order chi connectivity index (χ1) is 13.6. The van der Waals surface area contributed by atoms with Crippen LogP contribution in [0.25, 0.3) is 0 Å². The lowest BCUT2D eigenvalue weighted by Crippen LogP contribution is -2.31. The summed E-state index contributed by atoms with van der Waals surface area (Å²) in [6.07, 6.45) is 3.68. The second-order valence-electron chi connectivity index (χ2n) is 7.90. The molecule has 0 radical (unpaired) electrons. The van der Waals surface area contributed by atoms with E-state index in [1.165, 1.54) is 5.56 Å². The number of Topliss-reactive ketones (excluding diaryl/α,β-unsaturated/α-hetero) is 1. The van der Waals surface area contributed by atoms with Gasteiger partial charge in [-0.3, -0.25) is 9.59 Å². The van der Waals surface area contributed by atoms with E-state index in [1.54, 1.807) is 7.11 Å². The first-order valence-corrected chi connectivity index (χ1v) is 10.2. The maximum absolute atomic E-state index is 12.9. The van der Waals surface area contributed by atoms with Crippen molar-refractivity contribution in [1.29, 1.82) is 0 Å². The number of aromatic nitrogens is 1. The fourth-order valence-electron chi connectivity index (χ4n) is 4.59. The van der Waals surface area contributed by atoms with Gasteiger partial charge in [0.05, 0.1) is 12.5 Å². The lowest BCUT2D eigenvalue weighted by atomic mass is 9.92. The van der Waals surface area contributed by atoms with Crippen LogP contribution >= 0.6 is 0 Å². The number of hydrogen-bond donors (Lipinski definition) is 0. The van der Waals surface area contributed by atoms with E-state index in [4.69, 9.17) is 4.74 Å². The summed E-state index contributed by atoms with van der Waals surface area (Å²) < 4.78 is 7.65. The van der Waals surface area contributed by atoms with Gasteiger partial charge in [0.2, 0.25) is 5.91 Å². The van der Waals surface area contributed by atoms with Crippen LogP contribution in [0.15, 0.2) is 30.3 Å². The molecule has 5 nitrogen and oxygen atoms in total. The molecule has 1 aliphatic carbocycles. The third-order valence-electron chi connectivity index (χ3n) is 6.20. The maximum atomic E-state index is 12.9. The molecule has 1 aliphatic heterocycles. The summed E-state index contributed by atoms with van der Waals surface area (Å²) in [5.41, 5.74) is 5.12. The number of ether oxygens (including phenoxy) is 1. The van der Waals surface area contributed by atoms with Gasteiger partial charge in [-0.25, -0.2) is 0 Å². The number of carbonyl (C=O) groups is 2. The average molecular weight is 380 g/mol. The second kappa shape index (κ2) is 7.92. The SMILES string of the molecule is CO[C@H]1CCN(C(=O)Cc2c3c(n(Cc4ccccc4)c2C)CCCC3=O)C1. The van der Waals surface area contributed by atoms with Crippen molar-refractivity contribution in [3.63, 3.8) is 0 Å². The zero-order valence-electron chi connectivity index (χ0n) is 16.7. The molecule has 1 amide bonds. The summed E-state index contributed by atoms with van der Waals surface area (Å²) in [6, 6.07) is 10.3. The Kier molecular flexibility index (Phi) is 5.36. The second-order valence-corrected chi connectivity index (χ2v) is 7.90. The Morgan fingerprint density at radius 2 is 2.00 bits per heavy atom. The minimum absolute atomic E-state index is 0.0979. The number of benzene rings is 1. The zero-order valence-corrected chi connectivity index (χ0v) is 16.7. The molecule has 1 aromatic heterocycles. The van der Waals surface area contributed by atoms with Crippen LogP contribution in [0.5, 0.6) is 0 Å². The minimum atomic E-state index is 0.0979. The number of fused-ring (bicyclic) bond motifs is 1. The molecule has 0 N–H and O–H groups in total. The number of hydrogen-bond acceptors (Lipinski definition) is 3. The normalized spacial score (nSPS) is 19.1. The third-order valence-corrected chi connectivity index (χ3v) is 6.20. The molecule has 148 valence electrons. The van der Waals surface area contributed by atoms with Gasteiger partial charge in [0, 0.05) is 50.1 Å². The highest BCUT2D eigenvalue weighted by Crippen LogP contribution is 2.31. The predicted molar refractivity (Wildman–Crippen MR) is 108 cm³/mol. The molecule has 5 heteroatoms. The standard InChI is InChI=1S/C23H28N2O3/c1-16-19(13-22(27)24-12-11-18(15-24)28-2)23-20(9-6-10-21(23)26)25(16)14-17-7-4-3-5-8-17/h3-5,7-8,18H,6,9-15H2,1-2H3/t18-/m0/s1. The van der Waals surface area contributed by atoms with Crippen molar-refractivity contribution in [2.75, 3.05) is 20.2 Å². The first-order valence-electron chi connectivity index (χ1n) is 10.2. The van der Waals surface area contributed by atoms with Crippen molar-refractivity contribution in [3.05, 3.63) is 58.4 Å². The molecule has 2 heterocycles. The van der Waals surface area contributed by atoms with Crippen molar-refractivity contribution in [1.82, 2.24) is 9.47 Å². The van der Waals surface area contributed by atoms with Crippen molar-refractivity contribution in [3.8, 4) is 0 Å². The largest absolute Gasteiger partial charge is 0.380 e. The summed E-state index contributed by atoms with van der Waals surface area (Å²) in [6.45, 7) is 4.18. The van der Waals surface area contributed by atoms with E-state index in [0.717, 1.165) is 54.9 Å². The van der Waals surface area contributed by atoms with Crippen LogP contribution in [-0.4, -0.2) is 47.5 Å². The molecule has 4 rings (SSSR count). The summed E-state index contributed by atoms with van der Waals surface area (Å²) in [5.74, 6) is 0.288. The van der Waals surface area contributed by atoms with Gasteiger partial charge in [-0.2, -0.15) is 0 Å². The van der Waals surface area contributed by atoms with Gasteiger partial charge >= 0.3 is 0 Å². The van der Waals surface area contributed by atoms with Crippen LogP contribution in [0, 0.1) is 6.92 Å². The monoisotopic (exact) mass is 380 g/mol. The topological polar surface area (TPSA) is 51.5 Å². The van der Waals surface area contributed by atoms with Crippen LogP contribution in [-0.2, 0) is 28.9 Å². The third kappa shape index (κ3) is 3.51. The number of amides is 1. The van der Waals surface area contributed by atoms with Crippen LogP contribution in [0.3, 0.4) is 0 Å². The Bertz CT molecular complexity index is 885. The molecule has 2 aromatic rings. The smallest absolute Gasteiger partial charge is 0.227 e. The number of ketones is 1. The lowest BCUT2D eigenvalue weighted by Gasteiger charge is -2.17. The minimum Gasteiger partial charge on any atom is -0.380 e. The van der Waals surface area contributed by atoms with Crippen molar-refractivity contribution in [2.24, 2.45) is 0 Å². The highest BCUT2D eigenvalue weighted by atomic mass is 16.5. The average Bonchev–Trinajstić information content (AvgIpc) is 3.29. The highest BCUT2D eigenvalue weighted by Gasteiger charge is 2.31. The van der Waals surface area contributed by atoms with Crippen LogP contribution in [0.2, 0.25) is 0 Å². The number of carbonyl (C=O) groups excluding carboxylic acids is 2. The van der Waals surface area contributed by atoms with Crippen molar-refractivity contribution < 1.29 is 14.3 Å². The molecular formula is C23H28N2O3. The van der Waals surface area contributed by atoms with E-state index in [9.17, 15) is 9.59 Å². The van der Waals surface area contributed by atoms with Gasteiger partial charge in [0.25, 0.3) is 0 Å². The van der Waals surface area contributed by atoms with Gasteiger partial charge in [-0.1, -0.05) is 30.3 Å². The molecular weight excluding hydrogens is 352 g/mol. The molecule has 1 aromatic carbocycles. The number of likely N-dealkylation sites (tertiary alicyclic amines) is 1. The van der Waals surface area contributed by atoms with Crippen LogP contribution < -0.4 is 0 Å².